The zero-order chi connectivity index (χ0) is 30.0. The first kappa shape index (κ1) is 12.2. The molecule has 0 aliphatic carbocycles. The Balaban J connectivity index is 1.58. The fourth-order valence-corrected chi connectivity index (χ4v) is 3.90. The Morgan fingerprint density at radius 1 is 0.545 bits per heavy atom. The van der Waals surface area contributed by atoms with Crippen LogP contribution in [0.1, 0.15) is 12.3 Å². The average molecular weight is 453 g/mol. The monoisotopic (exact) mass is 452 g/mol. The van der Waals surface area contributed by atoms with Crippen molar-refractivity contribution in [2.24, 2.45) is 0 Å². The van der Waals surface area contributed by atoms with E-state index >= 15 is 0 Å². The zero-order valence-electron chi connectivity index (χ0n) is 25.9. The summed E-state index contributed by atoms with van der Waals surface area (Å²) in [5.74, 6) is -0.0372. The van der Waals surface area contributed by atoms with E-state index in [0.29, 0.717) is 5.56 Å². The Morgan fingerprint density at radius 2 is 1.24 bits per heavy atom. The second-order valence-corrected chi connectivity index (χ2v) is 7.53. The van der Waals surface area contributed by atoms with Crippen LogP contribution in [-0.2, 0) is 0 Å². The van der Waals surface area contributed by atoms with Crippen LogP contribution in [0, 0.1) is 0 Å². The third-order valence-electron chi connectivity index (χ3n) is 5.23. The minimum atomic E-state index is -0.649. The number of hydrogen-bond donors (Lipinski definition) is 0. The lowest BCUT2D eigenvalue weighted by Crippen LogP contribution is -1.98. The molecule has 3 nitrogen and oxygen atoms in total. The molecule has 0 spiro atoms. The van der Waals surface area contributed by atoms with Crippen molar-refractivity contribution in [1.29, 1.82) is 0 Å². The highest BCUT2D eigenvalue weighted by molar-refractivity contribution is 6.28. The topological polar surface area (TPSA) is 38.7 Å². The Morgan fingerprint density at radius 3 is 2.09 bits per heavy atom. The lowest BCUT2D eigenvalue weighted by atomic mass is 9.98. The van der Waals surface area contributed by atoms with Gasteiger partial charge in [-0.2, -0.15) is 9.97 Å². The summed E-state index contributed by atoms with van der Waals surface area (Å²) in [5, 5.41) is 3.65. The van der Waals surface area contributed by atoms with Crippen LogP contribution in [0.5, 0.6) is 0 Å². The van der Waals surface area contributed by atoms with Gasteiger partial charge in [0, 0.05) is 11.1 Å². The lowest BCUT2D eigenvalue weighted by Gasteiger charge is -2.10. The van der Waals surface area contributed by atoms with Gasteiger partial charge in [0.05, 0.1) is 12.3 Å². The van der Waals surface area contributed by atoms with Crippen LogP contribution >= 0.6 is 11.6 Å². The molecular weight excluding hydrogens is 426 g/mol. The van der Waals surface area contributed by atoms with Gasteiger partial charge in [-0.25, -0.2) is 4.98 Å². The van der Waals surface area contributed by atoms with Gasteiger partial charge in [-0.15, -0.1) is 0 Å². The Bertz CT molecular complexity index is 2060. The van der Waals surface area contributed by atoms with Crippen molar-refractivity contribution in [2.75, 3.05) is 0 Å². The van der Waals surface area contributed by atoms with Crippen molar-refractivity contribution in [3.05, 3.63) is 114 Å². The molecule has 0 N–H and O–H groups in total. The summed E-state index contributed by atoms with van der Waals surface area (Å²) in [5.41, 5.74) is -0.499. The number of halogens is 1. The first-order valence-corrected chi connectivity index (χ1v) is 10.4. The van der Waals surface area contributed by atoms with Crippen LogP contribution in [0.4, 0.5) is 0 Å². The van der Waals surface area contributed by atoms with E-state index in [1.807, 2.05) is 54.6 Å². The molecule has 33 heavy (non-hydrogen) atoms. The third kappa shape index (κ3) is 3.63. The maximum absolute atomic E-state index is 8.73. The standard InChI is InChI=1S/C29H18ClN3/c30-29-32-27(22-15-13-20(14-16-22)19-7-2-1-3-8-19)31-28(33-29)26-12-6-11-24-23-10-5-4-9-21(23)17-18-25(24)26/h1-18H/i1D,2D,3D,7D,8D,13D,14D,15D,16D. The highest BCUT2D eigenvalue weighted by Crippen LogP contribution is 2.33. The molecule has 4 heteroatoms. The van der Waals surface area contributed by atoms with Crippen LogP contribution in [-0.4, -0.2) is 15.0 Å². The molecule has 1 aromatic heterocycles. The molecule has 0 radical (unpaired) electrons. The first-order chi connectivity index (χ1) is 20.0. The van der Waals surface area contributed by atoms with Gasteiger partial charge in [0.15, 0.2) is 11.6 Å². The van der Waals surface area contributed by atoms with Crippen molar-refractivity contribution >= 4 is 33.1 Å². The van der Waals surface area contributed by atoms with E-state index in [-0.39, 0.29) is 22.5 Å². The number of nitrogens with zero attached hydrogens (tertiary/aromatic N) is 3. The van der Waals surface area contributed by atoms with Crippen LogP contribution in [0.3, 0.4) is 0 Å². The molecule has 0 saturated heterocycles. The molecule has 0 atom stereocenters. The fourth-order valence-electron chi connectivity index (χ4n) is 3.74. The SMILES string of the molecule is [2H]c1c([2H])c([2H])c(-c2c([2H])c([2H])c(-c3nc(Cl)nc(-c4cccc5c4ccc4ccccc45)n3)c([2H])c2[2H])c([2H])c1[2H]. The zero-order valence-corrected chi connectivity index (χ0v) is 17.7. The minimum absolute atomic E-state index is 0.164. The second kappa shape index (κ2) is 8.12. The maximum Gasteiger partial charge on any atom is 0.226 e. The summed E-state index contributed by atoms with van der Waals surface area (Å²) in [6, 6.07) is 11.9. The third-order valence-corrected chi connectivity index (χ3v) is 5.40. The molecule has 0 aliphatic rings. The Kier molecular flexibility index (Phi) is 3.01. The van der Waals surface area contributed by atoms with Crippen molar-refractivity contribution in [3.8, 4) is 33.9 Å². The summed E-state index contributed by atoms with van der Waals surface area (Å²) in [7, 11) is 0. The largest absolute Gasteiger partial charge is 0.226 e. The van der Waals surface area contributed by atoms with E-state index in [9.17, 15) is 0 Å². The number of rotatable bonds is 3. The fraction of sp³-hybridized carbons (Fsp3) is 0. The van der Waals surface area contributed by atoms with Crippen LogP contribution in [0.25, 0.3) is 55.4 Å². The predicted octanol–water partition coefficient (Wildman–Crippen LogP) is 7.83. The van der Waals surface area contributed by atoms with Gasteiger partial charge in [0.25, 0.3) is 0 Å². The van der Waals surface area contributed by atoms with Gasteiger partial charge in [0.1, 0.15) is 0 Å². The van der Waals surface area contributed by atoms with E-state index in [0.717, 1.165) is 21.5 Å². The molecule has 0 fully saturated rings. The van der Waals surface area contributed by atoms with Crippen molar-refractivity contribution < 1.29 is 12.3 Å². The average Bonchev–Trinajstić information content (AvgIpc) is 2.99. The highest BCUT2D eigenvalue weighted by Gasteiger charge is 2.13. The summed E-state index contributed by atoms with van der Waals surface area (Å²) < 4.78 is 75.2. The van der Waals surface area contributed by atoms with E-state index < -0.39 is 65.5 Å². The number of hydrogen-bond acceptors (Lipinski definition) is 3. The minimum Gasteiger partial charge on any atom is -0.208 e. The van der Waals surface area contributed by atoms with Crippen LogP contribution in [0.15, 0.2) is 109 Å². The molecule has 0 amide bonds. The molecule has 6 aromatic rings. The molecule has 5 aromatic carbocycles. The van der Waals surface area contributed by atoms with Gasteiger partial charge in [-0.3, -0.25) is 0 Å². The van der Waals surface area contributed by atoms with Crippen molar-refractivity contribution in [3.63, 3.8) is 0 Å². The second-order valence-electron chi connectivity index (χ2n) is 7.19. The van der Waals surface area contributed by atoms with Gasteiger partial charge in [-0.1, -0.05) is 109 Å². The first-order valence-electron chi connectivity index (χ1n) is 14.5. The summed E-state index contributed by atoms with van der Waals surface area (Å²) >= 11 is 6.31. The van der Waals surface area contributed by atoms with Crippen LogP contribution in [0.2, 0.25) is 5.28 Å². The van der Waals surface area contributed by atoms with Gasteiger partial charge >= 0.3 is 0 Å². The molecule has 156 valence electrons. The highest BCUT2D eigenvalue weighted by atomic mass is 35.5. The maximum atomic E-state index is 8.73. The van der Waals surface area contributed by atoms with Crippen molar-refractivity contribution in [1.82, 2.24) is 15.0 Å². The molecule has 1 heterocycles. The summed E-state index contributed by atoms with van der Waals surface area (Å²) in [6.45, 7) is 0. The molecule has 0 aliphatic heterocycles. The van der Waals surface area contributed by atoms with Crippen molar-refractivity contribution in [2.45, 2.75) is 0 Å². The van der Waals surface area contributed by atoms with E-state index in [2.05, 4.69) is 15.0 Å². The summed E-state index contributed by atoms with van der Waals surface area (Å²) in [4.78, 5) is 12.9. The van der Waals surface area contributed by atoms with Gasteiger partial charge < -0.3 is 0 Å². The molecular formula is C29H18ClN3. The lowest BCUT2D eigenvalue weighted by molar-refractivity contribution is 1.07. The number of benzene rings is 5. The van der Waals surface area contributed by atoms with E-state index in [1.54, 1.807) is 0 Å². The van der Waals surface area contributed by atoms with Crippen LogP contribution < -0.4 is 0 Å². The van der Waals surface area contributed by atoms with Gasteiger partial charge in [-0.05, 0) is 44.3 Å². The number of fused-ring (bicyclic) bond motifs is 3. The number of aromatic nitrogens is 3. The predicted molar refractivity (Wildman–Crippen MR) is 136 cm³/mol. The van der Waals surface area contributed by atoms with E-state index in [4.69, 9.17) is 23.9 Å². The molecule has 6 rings (SSSR count). The molecule has 0 bridgehead atoms. The normalized spacial score (nSPS) is 15.0. The molecule has 0 saturated carbocycles. The Labute approximate surface area is 209 Å². The quantitative estimate of drug-likeness (QED) is 0.257. The van der Waals surface area contributed by atoms with E-state index in [1.165, 1.54) is 0 Å². The van der Waals surface area contributed by atoms with Gasteiger partial charge in [0.2, 0.25) is 5.28 Å². The molecule has 0 unspecified atom stereocenters. The Hall–Kier alpha value is -4.08. The smallest absolute Gasteiger partial charge is 0.208 e. The summed E-state index contributed by atoms with van der Waals surface area (Å²) in [6.07, 6.45) is 0.